The molecule has 0 saturated carbocycles. The second-order valence-electron chi connectivity index (χ2n) is 5.13. The van der Waals surface area contributed by atoms with Crippen molar-refractivity contribution in [3.05, 3.63) is 23.9 Å². The van der Waals surface area contributed by atoms with Crippen molar-refractivity contribution in [1.29, 1.82) is 0 Å². The van der Waals surface area contributed by atoms with Gasteiger partial charge in [-0.15, -0.1) is 0 Å². The lowest BCUT2D eigenvalue weighted by Crippen LogP contribution is -2.38. The number of carbonyl (C=O) groups excluding carboxylic acids is 1. The summed E-state index contributed by atoms with van der Waals surface area (Å²) in [5.74, 6) is 1.51. The number of piperidine rings is 1. The molecule has 0 radical (unpaired) electrons. The van der Waals surface area contributed by atoms with Gasteiger partial charge in [-0.3, -0.25) is 4.79 Å². The molecule has 0 bridgehead atoms. The van der Waals surface area contributed by atoms with Gasteiger partial charge in [0.05, 0.1) is 0 Å². The summed E-state index contributed by atoms with van der Waals surface area (Å²) in [7, 11) is 0. The first-order chi connectivity index (χ1) is 9.56. The van der Waals surface area contributed by atoms with Gasteiger partial charge in [0, 0.05) is 38.3 Å². The van der Waals surface area contributed by atoms with Crippen LogP contribution in [0.25, 0.3) is 0 Å². The van der Waals surface area contributed by atoms with E-state index >= 15 is 0 Å². The van der Waals surface area contributed by atoms with Crippen LogP contribution in [0.4, 0.5) is 5.82 Å². The number of hydrogen-bond donors (Lipinski definition) is 2. The zero-order valence-electron chi connectivity index (χ0n) is 11.6. The number of amides is 1. The van der Waals surface area contributed by atoms with E-state index in [9.17, 15) is 4.79 Å². The van der Waals surface area contributed by atoms with Crippen LogP contribution >= 0.6 is 12.2 Å². The van der Waals surface area contributed by atoms with E-state index in [1.165, 1.54) is 0 Å². The molecule has 6 heteroatoms. The maximum absolute atomic E-state index is 10.9. The summed E-state index contributed by atoms with van der Waals surface area (Å²) in [5.41, 5.74) is 6.50. The van der Waals surface area contributed by atoms with E-state index in [1.807, 2.05) is 12.1 Å². The SMILES string of the molecule is CC(=O)NCC1CCN(c2cc(C(N)=S)ccn2)CC1. The van der Waals surface area contributed by atoms with E-state index in [-0.39, 0.29) is 5.91 Å². The number of nitrogens with one attached hydrogen (secondary N) is 1. The van der Waals surface area contributed by atoms with Crippen molar-refractivity contribution in [2.75, 3.05) is 24.5 Å². The predicted molar refractivity (Wildman–Crippen MR) is 83.7 cm³/mol. The lowest BCUT2D eigenvalue weighted by Gasteiger charge is -2.33. The summed E-state index contributed by atoms with van der Waals surface area (Å²) in [4.78, 5) is 17.9. The van der Waals surface area contributed by atoms with Gasteiger partial charge >= 0.3 is 0 Å². The van der Waals surface area contributed by atoms with E-state index in [0.29, 0.717) is 10.9 Å². The van der Waals surface area contributed by atoms with Gasteiger partial charge in [0.25, 0.3) is 0 Å². The molecule has 1 aliphatic heterocycles. The van der Waals surface area contributed by atoms with Crippen molar-refractivity contribution in [1.82, 2.24) is 10.3 Å². The molecule has 1 fully saturated rings. The van der Waals surface area contributed by atoms with Crippen molar-refractivity contribution in [2.45, 2.75) is 19.8 Å². The third kappa shape index (κ3) is 3.90. The van der Waals surface area contributed by atoms with Gasteiger partial charge in [-0.05, 0) is 30.9 Å². The Bertz CT molecular complexity index is 498. The highest BCUT2D eigenvalue weighted by molar-refractivity contribution is 7.80. The third-order valence-electron chi connectivity index (χ3n) is 3.61. The molecule has 1 aromatic heterocycles. The topological polar surface area (TPSA) is 71.2 Å². The minimum Gasteiger partial charge on any atom is -0.389 e. The monoisotopic (exact) mass is 292 g/mol. The molecule has 2 heterocycles. The molecule has 20 heavy (non-hydrogen) atoms. The quantitative estimate of drug-likeness (QED) is 0.812. The Hall–Kier alpha value is -1.69. The van der Waals surface area contributed by atoms with Crippen LogP contribution < -0.4 is 16.0 Å². The molecule has 0 spiro atoms. The summed E-state index contributed by atoms with van der Waals surface area (Å²) in [6, 6.07) is 3.77. The summed E-state index contributed by atoms with van der Waals surface area (Å²) >= 11 is 4.99. The maximum atomic E-state index is 10.9. The average molecular weight is 292 g/mol. The van der Waals surface area contributed by atoms with Crippen LogP contribution in [0.1, 0.15) is 25.3 Å². The number of hydrogen-bond acceptors (Lipinski definition) is 4. The number of thiocarbonyl (C=S) groups is 1. The molecule has 0 aromatic carbocycles. The first-order valence-corrected chi connectivity index (χ1v) is 7.22. The Kier molecular flexibility index (Phi) is 4.89. The van der Waals surface area contributed by atoms with Gasteiger partial charge < -0.3 is 16.0 Å². The predicted octanol–water partition coefficient (Wildman–Crippen LogP) is 1.07. The Morgan fingerprint density at radius 3 is 2.85 bits per heavy atom. The molecular formula is C14H20N4OS. The third-order valence-corrected chi connectivity index (χ3v) is 3.84. The van der Waals surface area contributed by atoms with Crippen LogP contribution in [0.5, 0.6) is 0 Å². The molecule has 0 unspecified atom stereocenters. The van der Waals surface area contributed by atoms with Gasteiger partial charge in [-0.2, -0.15) is 0 Å². The molecule has 1 saturated heterocycles. The highest BCUT2D eigenvalue weighted by Gasteiger charge is 2.20. The van der Waals surface area contributed by atoms with E-state index in [2.05, 4.69) is 15.2 Å². The Morgan fingerprint density at radius 1 is 1.55 bits per heavy atom. The van der Waals surface area contributed by atoms with Gasteiger partial charge in [0.2, 0.25) is 5.91 Å². The van der Waals surface area contributed by atoms with Gasteiger partial charge in [0.15, 0.2) is 0 Å². The second kappa shape index (κ2) is 6.65. The summed E-state index contributed by atoms with van der Waals surface area (Å²) in [5, 5.41) is 2.89. The zero-order chi connectivity index (χ0) is 14.5. The average Bonchev–Trinajstić information content (AvgIpc) is 2.46. The smallest absolute Gasteiger partial charge is 0.216 e. The molecule has 2 rings (SSSR count). The number of pyridine rings is 1. The molecule has 0 aliphatic carbocycles. The number of anilines is 1. The summed E-state index contributed by atoms with van der Waals surface area (Å²) < 4.78 is 0. The fraction of sp³-hybridized carbons (Fsp3) is 0.500. The van der Waals surface area contributed by atoms with E-state index in [1.54, 1.807) is 13.1 Å². The van der Waals surface area contributed by atoms with E-state index in [0.717, 1.165) is 43.9 Å². The van der Waals surface area contributed by atoms with Crippen LogP contribution in [-0.2, 0) is 4.79 Å². The van der Waals surface area contributed by atoms with Crippen LogP contribution in [-0.4, -0.2) is 35.5 Å². The summed E-state index contributed by atoms with van der Waals surface area (Å²) in [6.45, 7) is 4.21. The standard InChI is InChI=1S/C14H20N4OS/c1-10(19)17-9-11-3-6-18(7-4-11)13-8-12(14(15)20)2-5-16-13/h2,5,8,11H,3-4,6-7,9H2,1H3,(H2,15,20)(H,17,19). The van der Waals surface area contributed by atoms with Gasteiger partial charge in [0.1, 0.15) is 10.8 Å². The van der Waals surface area contributed by atoms with E-state index in [4.69, 9.17) is 18.0 Å². The molecular weight excluding hydrogens is 272 g/mol. The second-order valence-corrected chi connectivity index (χ2v) is 5.57. The number of aromatic nitrogens is 1. The molecule has 3 N–H and O–H groups in total. The lowest BCUT2D eigenvalue weighted by molar-refractivity contribution is -0.119. The minimum atomic E-state index is 0.0401. The van der Waals surface area contributed by atoms with Crippen LogP contribution in [0.2, 0.25) is 0 Å². The first-order valence-electron chi connectivity index (χ1n) is 6.81. The van der Waals surface area contributed by atoms with Crippen LogP contribution in [0.3, 0.4) is 0 Å². The largest absolute Gasteiger partial charge is 0.389 e. The van der Waals surface area contributed by atoms with E-state index < -0.39 is 0 Å². The zero-order valence-corrected chi connectivity index (χ0v) is 12.4. The van der Waals surface area contributed by atoms with Crippen molar-refractivity contribution >= 4 is 28.9 Å². The molecule has 1 amide bonds. The maximum Gasteiger partial charge on any atom is 0.216 e. The number of nitrogens with zero attached hydrogens (tertiary/aromatic N) is 2. The number of nitrogens with two attached hydrogens (primary N) is 1. The van der Waals surface area contributed by atoms with Crippen LogP contribution in [0, 0.1) is 5.92 Å². The minimum absolute atomic E-state index is 0.0401. The number of carbonyl (C=O) groups is 1. The highest BCUT2D eigenvalue weighted by atomic mass is 32.1. The van der Waals surface area contributed by atoms with Crippen molar-refractivity contribution in [2.24, 2.45) is 11.7 Å². The lowest BCUT2D eigenvalue weighted by atomic mass is 9.96. The molecule has 1 aliphatic rings. The van der Waals surface area contributed by atoms with Gasteiger partial charge in [-0.25, -0.2) is 4.98 Å². The molecule has 0 atom stereocenters. The Balaban J connectivity index is 1.92. The van der Waals surface area contributed by atoms with Crippen molar-refractivity contribution < 1.29 is 4.79 Å². The Labute approximate surface area is 124 Å². The molecule has 108 valence electrons. The Morgan fingerprint density at radius 2 is 2.25 bits per heavy atom. The fourth-order valence-corrected chi connectivity index (χ4v) is 2.53. The van der Waals surface area contributed by atoms with Crippen molar-refractivity contribution in [3.8, 4) is 0 Å². The highest BCUT2D eigenvalue weighted by Crippen LogP contribution is 2.22. The van der Waals surface area contributed by atoms with Crippen LogP contribution in [0.15, 0.2) is 18.3 Å². The van der Waals surface area contributed by atoms with Gasteiger partial charge in [-0.1, -0.05) is 12.2 Å². The summed E-state index contributed by atoms with van der Waals surface area (Å²) in [6.07, 6.45) is 3.85. The molecule has 1 aromatic rings. The fourth-order valence-electron chi connectivity index (χ4n) is 2.40. The molecule has 5 nitrogen and oxygen atoms in total. The normalized spacial score (nSPS) is 15.9. The first kappa shape index (κ1) is 14.7. The number of rotatable bonds is 4. The van der Waals surface area contributed by atoms with Crippen molar-refractivity contribution in [3.63, 3.8) is 0 Å².